The van der Waals surface area contributed by atoms with Crippen LogP contribution in [0.2, 0.25) is 5.28 Å². The van der Waals surface area contributed by atoms with Crippen LogP contribution in [0.4, 0.5) is 49.1 Å². The Kier molecular flexibility index (Phi) is 16.4. The van der Waals surface area contributed by atoms with Crippen LogP contribution >= 0.6 is 11.6 Å². The van der Waals surface area contributed by atoms with Crippen molar-refractivity contribution in [3.8, 4) is 11.5 Å². The van der Waals surface area contributed by atoms with Crippen molar-refractivity contribution in [3.05, 3.63) is 160 Å². The first kappa shape index (κ1) is 50.6. The fourth-order valence-corrected chi connectivity index (χ4v) is 7.11. The van der Waals surface area contributed by atoms with E-state index in [0.29, 0.717) is 58.0 Å². The lowest BCUT2D eigenvalue weighted by atomic mass is 10.2. The third kappa shape index (κ3) is 15.1. The van der Waals surface area contributed by atoms with Gasteiger partial charge in [-0.25, -0.2) is 45.9 Å². The zero-order valence-corrected chi connectivity index (χ0v) is 39.3. The Morgan fingerprint density at radius 1 is 0.609 bits per heavy atom. The molecule has 69 heavy (non-hydrogen) atoms. The minimum Gasteiger partial charge on any atom is -0.487 e. The van der Waals surface area contributed by atoms with Crippen LogP contribution in [0.1, 0.15) is 34.0 Å². The van der Waals surface area contributed by atoms with Gasteiger partial charge >= 0.3 is 0 Å². The van der Waals surface area contributed by atoms with Gasteiger partial charge in [0.1, 0.15) is 47.6 Å². The second-order valence-corrected chi connectivity index (χ2v) is 18.1. The molecule has 0 bridgehead atoms. The number of hydrogen-bond donors (Lipinski definition) is 6. The molecular formula is C44H43ClF2N12O8S2. The molecule has 0 atom stereocenters. The van der Waals surface area contributed by atoms with E-state index in [2.05, 4.69) is 46.2 Å². The van der Waals surface area contributed by atoms with Gasteiger partial charge in [-0.2, -0.15) is 9.97 Å². The number of halogens is 3. The molecule has 0 aliphatic rings. The summed E-state index contributed by atoms with van der Waals surface area (Å²) in [6.45, 7) is 7.93. The molecule has 4 heterocycles. The maximum absolute atomic E-state index is 14.4. The fraction of sp³-hybridized carbons (Fsp3) is 0.136. The Morgan fingerprint density at radius 3 is 1.55 bits per heavy atom. The Labute approximate surface area is 399 Å². The SMILES string of the molecule is Cc1cc(COc2ccc(Nc3nc(Cl)ncc3F)cc2C)no1.Cc1cc(COc2ccc(Nc3nc(Nc4cccc(S(N)(=O)=O)c4)ncc3F)cc2C)no1.Nc1cccc(S(N)(=O)=O)c1. The topological polar surface area (TPSA) is 305 Å². The van der Waals surface area contributed by atoms with E-state index in [-0.39, 0.29) is 39.3 Å². The molecule has 25 heteroatoms. The van der Waals surface area contributed by atoms with Crippen molar-refractivity contribution in [1.82, 2.24) is 30.2 Å². The second kappa shape index (κ2) is 22.4. The summed E-state index contributed by atoms with van der Waals surface area (Å²) in [5.74, 6) is 1.54. The number of ether oxygens (including phenoxy) is 2. The summed E-state index contributed by atoms with van der Waals surface area (Å²) in [5, 5.41) is 26.4. The van der Waals surface area contributed by atoms with Gasteiger partial charge in [-0.05, 0) is 123 Å². The number of nitrogens with one attached hydrogen (secondary N) is 3. The highest BCUT2D eigenvalue weighted by Gasteiger charge is 2.14. The zero-order chi connectivity index (χ0) is 49.9. The summed E-state index contributed by atoms with van der Waals surface area (Å²) in [5.41, 5.74) is 10.4. The van der Waals surface area contributed by atoms with Gasteiger partial charge in [-0.1, -0.05) is 22.4 Å². The molecule has 360 valence electrons. The number of nitrogens with zero attached hydrogens (tertiary/aromatic N) is 6. The van der Waals surface area contributed by atoms with E-state index >= 15 is 0 Å². The van der Waals surface area contributed by atoms with Crippen LogP contribution in [-0.2, 0) is 33.3 Å². The first-order valence-corrected chi connectivity index (χ1v) is 23.5. The van der Waals surface area contributed by atoms with Gasteiger partial charge in [0.25, 0.3) is 0 Å². The molecular weight excluding hydrogens is 962 g/mol. The third-order valence-electron chi connectivity index (χ3n) is 9.04. The quantitative estimate of drug-likeness (QED) is 0.0443. The summed E-state index contributed by atoms with van der Waals surface area (Å²) in [7, 11) is -7.48. The summed E-state index contributed by atoms with van der Waals surface area (Å²) in [4.78, 5) is 15.4. The third-order valence-corrected chi connectivity index (χ3v) is 11.0. The molecule has 4 aromatic heterocycles. The maximum atomic E-state index is 14.4. The molecule has 0 radical (unpaired) electrons. The van der Waals surface area contributed by atoms with Gasteiger partial charge in [-0.3, -0.25) is 0 Å². The molecule has 8 rings (SSSR count). The largest absolute Gasteiger partial charge is 0.487 e. The van der Waals surface area contributed by atoms with E-state index in [9.17, 15) is 25.6 Å². The van der Waals surface area contributed by atoms with E-state index in [1.54, 1.807) is 55.5 Å². The lowest BCUT2D eigenvalue weighted by Gasteiger charge is -2.12. The highest BCUT2D eigenvalue weighted by atomic mass is 35.5. The van der Waals surface area contributed by atoms with Gasteiger partial charge in [-0.15, -0.1) is 0 Å². The summed E-state index contributed by atoms with van der Waals surface area (Å²) >= 11 is 5.68. The van der Waals surface area contributed by atoms with Crippen LogP contribution in [-0.4, -0.2) is 47.1 Å². The van der Waals surface area contributed by atoms with Crippen LogP contribution in [0.15, 0.2) is 128 Å². The minimum atomic E-state index is -3.87. The molecule has 9 N–H and O–H groups in total. The highest BCUT2D eigenvalue weighted by molar-refractivity contribution is 7.89. The van der Waals surface area contributed by atoms with Crippen molar-refractivity contribution in [2.75, 3.05) is 21.7 Å². The summed E-state index contributed by atoms with van der Waals surface area (Å²) in [6.07, 6.45) is 2.02. The van der Waals surface area contributed by atoms with Crippen molar-refractivity contribution in [2.24, 2.45) is 10.3 Å². The highest BCUT2D eigenvalue weighted by Crippen LogP contribution is 2.28. The van der Waals surface area contributed by atoms with E-state index < -0.39 is 31.7 Å². The number of aryl methyl sites for hydroxylation is 4. The number of sulfonamides is 2. The molecule has 8 aromatic rings. The van der Waals surface area contributed by atoms with Crippen molar-refractivity contribution in [3.63, 3.8) is 0 Å². The molecule has 0 amide bonds. The Balaban J connectivity index is 0.000000193. The number of rotatable bonds is 14. The first-order valence-electron chi connectivity index (χ1n) is 20.0. The van der Waals surface area contributed by atoms with Gasteiger partial charge in [0.05, 0.1) is 22.2 Å². The number of nitrogen functional groups attached to an aromatic ring is 1. The van der Waals surface area contributed by atoms with E-state index in [1.165, 1.54) is 36.4 Å². The number of anilines is 7. The predicted octanol–water partition coefficient (Wildman–Crippen LogP) is 8.05. The molecule has 0 aliphatic heterocycles. The Bertz CT molecular complexity index is 3310. The van der Waals surface area contributed by atoms with Crippen molar-refractivity contribution in [2.45, 2.75) is 50.7 Å². The lowest BCUT2D eigenvalue weighted by Crippen LogP contribution is -2.12. The molecule has 0 spiro atoms. The standard InChI is InChI=1S/C22H21FN6O4S.C16H14ClFN4O2.C6H8N2O2S/c1-13-8-16(6-7-20(13)32-12-17-9-14(2)33-29-17)26-21-19(23)11-25-22(28-21)27-15-4-3-5-18(10-15)34(24,30)31;1-9-5-11(20-15-13(18)7-19-16(17)21-15)3-4-14(9)23-8-12-6-10(2)24-22-12;7-5-2-1-3-6(4-5)11(8,9)10/h3-11H,12H2,1-2H3,(H2,24,30,31)(H2,25,26,27,28);3-7H,8H2,1-2H3,(H,19,20,21);1-4H,7H2,(H2,8,9,10). The van der Waals surface area contributed by atoms with E-state index in [0.717, 1.165) is 29.3 Å². The maximum Gasteiger partial charge on any atom is 0.238 e. The van der Waals surface area contributed by atoms with Crippen molar-refractivity contribution >= 4 is 72.0 Å². The Hall–Kier alpha value is -7.77. The normalized spacial score (nSPS) is 11.1. The average molecular weight is 1010 g/mol. The van der Waals surface area contributed by atoms with Crippen LogP contribution in [0.3, 0.4) is 0 Å². The predicted molar refractivity (Wildman–Crippen MR) is 252 cm³/mol. The van der Waals surface area contributed by atoms with Gasteiger partial charge < -0.3 is 40.2 Å². The van der Waals surface area contributed by atoms with Gasteiger partial charge in [0, 0.05) is 34.9 Å². The number of aromatic nitrogens is 6. The lowest BCUT2D eigenvalue weighted by molar-refractivity contribution is 0.286. The Morgan fingerprint density at radius 2 is 1.09 bits per heavy atom. The van der Waals surface area contributed by atoms with Crippen LogP contribution < -0.4 is 41.4 Å². The van der Waals surface area contributed by atoms with E-state index in [4.69, 9.17) is 46.1 Å². The van der Waals surface area contributed by atoms with Crippen LogP contribution in [0.25, 0.3) is 0 Å². The number of benzene rings is 4. The first-order chi connectivity index (χ1) is 32.7. The van der Waals surface area contributed by atoms with Gasteiger partial charge in [0.2, 0.25) is 31.3 Å². The number of nitrogens with two attached hydrogens (primary N) is 3. The van der Waals surface area contributed by atoms with Crippen molar-refractivity contribution in [1.29, 1.82) is 0 Å². The van der Waals surface area contributed by atoms with E-state index in [1.807, 2.05) is 32.9 Å². The fourth-order valence-electron chi connectivity index (χ4n) is 5.85. The number of hydrogen-bond acceptors (Lipinski definition) is 18. The summed E-state index contributed by atoms with van der Waals surface area (Å²) in [6, 6.07) is 25.9. The number of primary sulfonamides is 2. The van der Waals surface area contributed by atoms with Gasteiger partial charge in [0.15, 0.2) is 23.3 Å². The molecule has 0 saturated heterocycles. The summed E-state index contributed by atoms with van der Waals surface area (Å²) < 4.78 is 94.0. The van der Waals surface area contributed by atoms with Crippen LogP contribution in [0, 0.1) is 39.3 Å². The zero-order valence-electron chi connectivity index (χ0n) is 36.9. The average Bonchev–Trinajstić information content (AvgIpc) is 3.92. The molecule has 0 aliphatic carbocycles. The molecule has 0 saturated carbocycles. The molecule has 0 unspecified atom stereocenters. The van der Waals surface area contributed by atoms with Crippen molar-refractivity contribution < 1.29 is 44.1 Å². The molecule has 0 fully saturated rings. The molecule has 4 aromatic carbocycles. The monoisotopic (exact) mass is 1000 g/mol. The molecule has 20 nitrogen and oxygen atoms in total. The smallest absolute Gasteiger partial charge is 0.238 e. The second-order valence-electron chi connectivity index (χ2n) is 14.7. The minimum absolute atomic E-state index is 0.0149. The van der Waals surface area contributed by atoms with Crippen LogP contribution in [0.5, 0.6) is 11.5 Å².